The van der Waals surface area contributed by atoms with Crippen molar-refractivity contribution in [1.82, 2.24) is 15.8 Å². The van der Waals surface area contributed by atoms with Crippen LogP contribution in [0.5, 0.6) is 0 Å². The Hall–Kier alpha value is -1.36. The van der Waals surface area contributed by atoms with Crippen LogP contribution >= 0.6 is 0 Å². The van der Waals surface area contributed by atoms with Gasteiger partial charge in [-0.3, -0.25) is 10.1 Å². The molecule has 0 aliphatic heterocycles. The quantitative estimate of drug-likeness (QED) is 0.856. The van der Waals surface area contributed by atoms with Crippen LogP contribution in [0.15, 0.2) is 10.6 Å². The lowest BCUT2D eigenvalue weighted by Crippen LogP contribution is -2.53. The number of amides is 1. The van der Waals surface area contributed by atoms with Crippen LogP contribution in [0.4, 0.5) is 0 Å². The lowest BCUT2D eigenvalue weighted by molar-refractivity contribution is -0.126. The van der Waals surface area contributed by atoms with Gasteiger partial charge in [-0.1, -0.05) is 25.9 Å². The highest BCUT2D eigenvalue weighted by atomic mass is 16.5. The first-order chi connectivity index (χ1) is 8.60. The fraction of sp³-hybridized carbons (Fsp3) is 0.714. The second kappa shape index (κ2) is 5.74. The predicted molar refractivity (Wildman–Crippen MR) is 74.6 cm³/mol. The molecule has 0 radical (unpaired) electrons. The summed E-state index contributed by atoms with van der Waals surface area (Å²) in [6.45, 7) is 13.0. The minimum atomic E-state index is -0.641. The molecule has 0 aliphatic carbocycles. The molecule has 0 saturated heterocycles. The van der Waals surface area contributed by atoms with Crippen LogP contribution in [0.1, 0.15) is 46.1 Å². The summed E-state index contributed by atoms with van der Waals surface area (Å²) in [5.74, 6) is 0.759. The number of hydrogen-bond donors (Lipinski definition) is 2. The van der Waals surface area contributed by atoms with Gasteiger partial charge in [-0.2, -0.15) is 0 Å². The van der Waals surface area contributed by atoms with E-state index in [1.165, 1.54) is 0 Å². The van der Waals surface area contributed by atoms with E-state index >= 15 is 0 Å². The van der Waals surface area contributed by atoms with E-state index < -0.39 is 5.54 Å². The third-order valence-corrected chi connectivity index (χ3v) is 2.74. The number of hydrogen-bond acceptors (Lipinski definition) is 4. The van der Waals surface area contributed by atoms with Crippen LogP contribution in [-0.4, -0.2) is 23.1 Å². The number of rotatable bonds is 5. The maximum Gasteiger partial charge on any atom is 0.239 e. The summed E-state index contributed by atoms with van der Waals surface area (Å²) in [7, 11) is 0. The first kappa shape index (κ1) is 15.7. The molecule has 108 valence electrons. The number of aryl methyl sites for hydroxylation is 1. The average Bonchev–Trinajstić information content (AvgIpc) is 2.68. The summed E-state index contributed by atoms with van der Waals surface area (Å²) in [5, 5.41) is 10.0. The molecule has 5 nitrogen and oxygen atoms in total. The van der Waals surface area contributed by atoms with Crippen LogP contribution in [-0.2, 0) is 11.3 Å². The number of carbonyl (C=O) groups excluding carboxylic acids is 1. The van der Waals surface area contributed by atoms with Gasteiger partial charge < -0.3 is 9.84 Å². The number of carbonyl (C=O) groups is 1. The van der Waals surface area contributed by atoms with Crippen molar-refractivity contribution in [2.75, 3.05) is 6.54 Å². The van der Waals surface area contributed by atoms with E-state index in [2.05, 4.69) is 36.6 Å². The Bertz CT molecular complexity index is 430. The molecule has 1 aromatic heterocycles. The smallest absolute Gasteiger partial charge is 0.239 e. The highest BCUT2D eigenvalue weighted by Gasteiger charge is 2.28. The fourth-order valence-electron chi connectivity index (χ4n) is 1.46. The molecule has 0 bridgehead atoms. The van der Waals surface area contributed by atoms with Crippen LogP contribution in [0.25, 0.3) is 0 Å². The van der Waals surface area contributed by atoms with Crippen molar-refractivity contribution in [2.24, 2.45) is 5.41 Å². The van der Waals surface area contributed by atoms with Gasteiger partial charge >= 0.3 is 0 Å². The molecule has 1 amide bonds. The Labute approximate surface area is 115 Å². The Morgan fingerprint density at radius 2 is 1.95 bits per heavy atom. The lowest BCUT2D eigenvalue weighted by atomic mass is 9.96. The molecule has 19 heavy (non-hydrogen) atoms. The van der Waals surface area contributed by atoms with Gasteiger partial charge in [0, 0.05) is 19.2 Å². The maximum absolute atomic E-state index is 12.1. The molecule has 0 fully saturated rings. The van der Waals surface area contributed by atoms with E-state index in [0.29, 0.717) is 13.1 Å². The average molecular weight is 267 g/mol. The Morgan fingerprint density at radius 1 is 1.32 bits per heavy atom. The fourth-order valence-corrected chi connectivity index (χ4v) is 1.46. The van der Waals surface area contributed by atoms with Gasteiger partial charge in [-0.25, -0.2) is 0 Å². The van der Waals surface area contributed by atoms with Crippen LogP contribution in [0, 0.1) is 12.3 Å². The van der Waals surface area contributed by atoms with Crippen molar-refractivity contribution < 1.29 is 9.32 Å². The zero-order valence-electron chi connectivity index (χ0n) is 12.8. The normalized spacial score (nSPS) is 12.5. The molecular weight excluding hydrogens is 242 g/mol. The van der Waals surface area contributed by atoms with Crippen molar-refractivity contribution >= 4 is 5.91 Å². The minimum Gasteiger partial charge on any atom is -0.361 e. The highest BCUT2D eigenvalue weighted by Crippen LogP contribution is 2.12. The summed E-state index contributed by atoms with van der Waals surface area (Å²) >= 11 is 0. The Morgan fingerprint density at radius 3 is 2.42 bits per heavy atom. The van der Waals surface area contributed by atoms with E-state index in [1.54, 1.807) is 0 Å². The molecule has 0 saturated carbocycles. The highest BCUT2D eigenvalue weighted by molar-refractivity contribution is 5.85. The van der Waals surface area contributed by atoms with Crippen LogP contribution in [0.2, 0.25) is 0 Å². The third-order valence-electron chi connectivity index (χ3n) is 2.74. The van der Waals surface area contributed by atoms with Gasteiger partial charge in [0.1, 0.15) is 5.76 Å². The van der Waals surface area contributed by atoms with Crippen molar-refractivity contribution in [1.29, 1.82) is 0 Å². The van der Waals surface area contributed by atoms with Crippen LogP contribution < -0.4 is 10.6 Å². The number of aromatic nitrogens is 1. The second-order valence-corrected chi connectivity index (χ2v) is 6.65. The van der Waals surface area contributed by atoms with Gasteiger partial charge in [0.2, 0.25) is 5.91 Å². The van der Waals surface area contributed by atoms with Gasteiger partial charge in [-0.15, -0.1) is 0 Å². The SMILES string of the molecule is Cc1cc(CNC(C)(C)C(=O)NCC(C)(C)C)no1. The Kier molecular flexibility index (Phi) is 4.74. The first-order valence-electron chi connectivity index (χ1n) is 6.56. The molecule has 1 rings (SSSR count). The van der Waals surface area contributed by atoms with E-state index in [4.69, 9.17) is 4.52 Å². The molecule has 0 aromatic carbocycles. The topological polar surface area (TPSA) is 67.2 Å². The van der Waals surface area contributed by atoms with Gasteiger partial charge in [0.25, 0.3) is 0 Å². The Balaban J connectivity index is 2.48. The maximum atomic E-state index is 12.1. The summed E-state index contributed by atoms with van der Waals surface area (Å²) in [4.78, 5) is 12.1. The molecule has 5 heteroatoms. The molecule has 2 N–H and O–H groups in total. The number of nitrogens with zero attached hydrogens (tertiary/aromatic N) is 1. The third kappa shape index (κ3) is 5.42. The lowest BCUT2D eigenvalue weighted by Gasteiger charge is -2.27. The molecule has 1 heterocycles. The first-order valence-corrected chi connectivity index (χ1v) is 6.56. The van der Waals surface area contributed by atoms with Crippen LogP contribution in [0.3, 0.4) is 0 Å². The van der Waals surface area contributed by atoms with E-state index in [0.717, 1.165) is 11.5 Å². The summed E-state index contributed by atoms with van der Waals surface area (Å²) < 4.78 is 4.99. The molecule has 0 atom stereocenters. The zero-order chi connectivity index (χ0) is 14.7. The van der Waals surface area contributed by atoms with Crippen molar-refractivity contribution in [2.45, 2.75) is 53.6 Å². The van der Waals surface area contributed by atoms with E-state index in [-0.39, 0.29) is 11.3 Å². The van der Waals surface area contributed by atoms with Crippen molar-refractivity contribution in [3.63, 3.8) is 0 Å². The van der Waals surface area contributed by atoms with Gasteiger partial charge in [0.05, 0.1) is 11.2 Å². The number of nitrogens with one attached hydrogen (secondary N) is 2. The largest absolute Gasteiger partial charge is 0.361 e. The van der Waals surface area contributed by atoms with Gasteiger partial charge in [0.15, 0.2) is 0 Å². The second-order valence-electron chi connectivity index (χ2n) is 6.65. The molecule has 0 spiro atoms. The van der Waals surface area contributed by atoms with E-state index in [9.17, 15) is 4.79 Å². The molecule has 0 aliphatic rings. The minimum absolute atomic E-state index is 0.0114. The monoisotopic (exact) mass is 267 g/mol. The molecular formula is C14H25N3O2. The van der Waals surface area contributed by atoms with E-state index in [1.807, 2.05) is 26.8 Å². The summed E-state index contributed by atoms with van der Waals surface area (Å²) in [5.41, 5.74) is 0.238. The van der Waals surface area contributed by atoms with Crippen molar-refractivity contribution in [3.05, 3.63) is 17.5 Å². The van der Waals surface area contributed by atoms with Gasteiger partial charge in [-0.05, 0) is 26.2 Å². The standard InChI is InChI=1S/C14H25N3O2/c1-10-7-11(17-19-10)8-16-14(5,6)12(18)15-9-13(2,3)4/h7,16H,8-9H2,1-6H3,(H,15,18). The predicted octanol–water partition coefficient (Wildman–Crippen LogP) is 2.01. The summed E-state index contributed by atoms with van der Waals surface area (Å²) in [6, 6.07) is 1.86. The molecule has 1 aromatic rings. The molecule has 0 unspecified atom stereocenters. The summed E-state index contributed by atoms with van der Waals surface area (Å²) in [6.07, 6.45) is 0. The van der Waals surface area contributed by atoms with Crippen molar-refractivity contribution in [3.8, 4) is 0 Å². The zero-order valence-corrected chi connectivity index (χ0v) is 12.8.